The number of imidazole rings is 1. The first-order valence-electron chi connectivity index (χ1n) is 12.7. The number of ether oxygens (including phenoxy) is 2. The van der Waals surface area contributed by atoms with E-state index in [1.54, 1.807) is 24.3 Å². The maximum atomic E-state index is 14.1. The SMILES string of the molecule is CC(=O)OCCN(C(=O)n1c(S(=O)Cc2nccc(OCC(F)(F)F)c2C)nc2ccccc21)c1ccc(C(N)=O)cc1. The zero-order chi connectivity index (χ0) is 31.3. The number of esters is 1. The van der Waals surface area contributed by atoms with E-state index in [0.717, 1.165) is 4.57 Å². The predicted molar refractivity (Wildman–Crippen MR) is 150 cm³/mol. The molecule has 1 atom stereocenters. The number of hydrogen-bond donors (Lipinski definition) is 1. The number of pyridine rings is 1. The van der Waals surface area contributed by atoms with E-state index in [4.69, 9.17) is 15.2 Å². The van der Waals surface area contributed by atoms with E-state index in [1.807, 2.05) is 0 Å². The summed E-state index contributed by atoms with van der Waals surface area (Å²) in [6.45, 7) is 0.932. The number of hydrogen-bond acceptors (Lipinski definition) is 8. The van der Waals surface area contributed by atoms with Gasteiger partial charge in [-0.25, -0.2) is 14.3 Å². The van der Waals surface area contributed by atoms with E-state index in [0.29, 0.717) is 16.7 Å². The van der Waals surface area contributed by atoms with Crippen LogP contribution in [-0.2, 0) is 26.1 Å². The van der Waals surface area contributed by atoms with Crippen molar-refractivity contribution in [2.75, 3.05) is 24.7 Å². The van der Waals surface area contributed by atoms with E-state index in [-0.39, 0.29) is 46.6 Å². The van der Waals surface area contributed by atoms with Crippen molar-refractivity contribution in [1.82, 2.24) is 14.5 Å². The summed E-state index contributed by atoms with van der Waals surface area (Å²) in [7, 11) is -2.02. The first-order chi connectivity index (χ1) is 20.4. The van der Waals surface area contributed by atoms with Crippen molar-refractivity contribution < 1.29 is 41.2 Å². The molecule has 4 aromatic rings. The van der Waals surface area contributed by atoms with Crippen LogP contribution in [0.3, 0.4) is 0 Å². The van der Waals surface area contributed by atoms with Crippen molar-refractivity contribution in [3.05, 3.63) is 77.6 Å². The molecule has 0 aliphatic carbocycles. The number of primary amides is 1. The van der Waals surface area contributed by atoms with E-state index >= 15 is 0 Å². The van der Waals surface area contributed by atoms with Gasteiger partial charge in [0.1, 0.15) is 12.4 Å². The lowest BCUT2D eigenvalue weighted by Gasteiger charge is -2.24. The summed E-state index contributed by atoms with van der Waals surface area (Å²) in [5.41, 5.74) is 7.00. The number of fused-ring (bicyclic) bond motifs is 1. The van der Waals surface area contributed by atoms with Crippen LogP contribution in [-0.4, -0.2) is 62.6 Å². The standard InChI is InChI=1S/C28H26F3N5O6S/c1-17-22(33-12-11-24(17)42-16-28(29,30)31)15-43(40)26-34-21-5-3-4-6-23(21)36(26)27(39)35(13-14-41-18(2)37)20-9-7-19(8-10-20)25(32)38/h3-12H,13-16H2,1-2H3,(H2,32,38). The number of carbonyl (C=O) groups excluding carboxylic acids is 3. The molecule has 0 fully saturated rings. The van der Waals surface area contributed by atoms with Crippen LogP contribution in [0.15, 0.2) is 66.0 Å². The van der Waals surface area contributed by atoms with Crippen molar-refractivity contribution in [2.24, 2.45) is 5.73 Å². The normalized spacial score (nSPS) is 12.1. The van der Waals surface area contributed by atoms with Gasteiger partial charge in [-0.15, -0.1) is 0 Å². The molecule has 0 aliphatic heterocycles. The van der Waals surface area contributed by atoms with Gasteiger partial charge in [-0.2, -0.15) is 13.2 Å². The number of halogens is 3. The Morgan fingerprint density at radius 3 is 2.42 bits per heavy atom. The van der Waals surface area contributed by atoms with E-state index in [9.17, 15) is 31.8 Å². The summed E-state index contributed by atoms with van der Waals surface area (Å²) in [6, 6.07) is 13.0. The number of amides is 2. The molecular weight excluding hydrogens is 591 g/mol. The number of rotatable bonds is 10. The maximum absolute atomic E-state index is 14.1. The van der Waals surface area contributed by atoms with Crippen LogP contribution in [0, 0.1) is 6.92 Å². The molecule has 0 radical (unpaired) electrons. The molecule has 2 N–H and O–H groups in total. The highest BCUT2D eigenvalue weighted by Crippen LogP contribution is 2.27. The van der Waals surface area contributed by atoms with Crippen molar-refractivity contribution in [3.8, 4) is 5.75 Å². The minimum atomic E-state index is -4.55. The van der Waals surface area contributed by atoms with Crippen molar-refractivity contribution >= 4 is 45.4 Å². The van der Waals surface area contributed by atoms with Gasteiger partial charge in [0.25, 0.3) is 0 Å². The zero-order valence-electron chi connectivity index (χ0n) is 23.0. The number of nitrogens with two attached hydrogens (primary N) is 1. The summed E-state index contributed by atoms with van der Waals surface area (Å²) < 4.78 is 63.0. The molecule has 0 saturated carbocycles. The molecule has 0 aliphatic rings. The lowest BCUT2D eigenvalue weighted by atomic mass is 10.2. The van der Waals surface area contributed by atoms with Gasteiger partial charge in [-0.3, -0.25) is 23.7 Å². The molecule has 2 aromatic heterocycles. The Labute approximate surface area is 245 Å². The smallest absolute Gasteiger partial charge is 0.422 e. The molecular formula is C28H26F3N5O6S. The fourth-order valence-electron chi connectivity index (χ4n) is 4.09. The van der Waals surface area contributed by atoms with Crippen LogP contribution in [0.5, 0.6) is 5.75 Å². The average Bonchev–Trinajstić information content (AvgIpc) is 3.35. The molecule has 2 amide bonds. The minimum absolute atomic E-state index is 0.0695. The van der Waals surface area contributed by atoms with Gasteiger partial charge in [-0.05, 0) is 49.4 Å². The molecule has 4 rings (SSSR count). The fraction of sp³-hybridized carbons (Fsp3) is 0.250. The second kappa shape index (κ2) is 13.0. The Balaban J connectivity index is 1.72. The second-order valence-electron chi connectivity index (χ2n) is 9.18. The predicted octanol–water partition coefficient (Wildman–Crippen LogP) is 4.13. The number of benzene rings is 2. The Hall–Kier alpha value is -4.79. The molecule has 226 valence electrons. The third-order valence-corrected chi connectivity index (χ3v) is 7.37. The first-order valence-corrected chi connectivity index (χ1v) is 14.0. The van der Waals surface area contributed by atoms with Gasteiger partial charge < -0.3 is 15.2 Å². The van der Waals surface area contributed by atoms with Crippen molar-refractivity contribution in [2.45, 2.75) is 30.9 Å². The van der Waals surface area contributed by atoms with Gasteiger partial charge in [0.05, 0.1) is 39.8 Å². The molecule has 11 nitrogen and oxygen atoms in total. The van der Waals surface area contributed by atoms with Crippen LogP contribution < -0.4 is 15.4 Å². The van der Waals surface area contributed by atoms with Crippen LogP contribution in [0.25, 0.3) is 11.0 Å². The van der Waals surface area contributed by atoms with Gasteiger partial charge in [-0.1, -0.05) is 12.1 Å². The monoisotopic (exact) mass is 617 g/mol. The van der Waals surface area contributed by atoms with Gasteiger partial charge in [0.15, 0.2) is 6.61 Å². The summed E-state index contributed by atoms with van der Waals surface area (Å²) >= 11 is 0. The number of aromatic nitrogens is 3. The highest BCUT2D eigenvalue weighted by molar-refractivity contribution is 7.84. The highest BCUT2D eigenvalue weighted by atomic mass is 32.2. The Kier molecular flexibility index (Phi) is 9.43. The van der Waals surface area contributed by atoms with Gasteiger partial charge in [0.2, 0.25) is 11.1 Å². The third-order valence-electron chi connectivity index (χ3n) is 6.16. The van der Waals surface area contributed by atoms with Crippen LogP contribution in [0.4, 0.5) is 23.7 Å². The van der Waals surface area contributed by atoms with Crippen LogP contribution in [0.2, 0.25) is 0 Å². The Morgan fingerprint density at radius 2 is 1.77 bits per heavy atom. The van der Waals surface area contributed by atoms with Gasteiger partial charge >= 0.3 is 18.2 Å². The quantitative estimate of drug-likeness (QED) is 0.262. The lowest BCUT2D eigenvalue weighted by Crippen LogP contribution is -2.38. The summed E-state index contributed by atoms with van der Waals surface area (Å²) in [4.78, 5) is 47.0. The van der Waals surface area contributed by atoms with E-state index in [2.05, 4.69) is 9.97 Å². The molecule has 0 spiro atoms. The molecule has 15 heteroatoms. The maximum Gasteiger partial charge on any atom is 0.422 e. The molecule has 2 aromatic carbocycles. The van der Waals surface area contributed by atoms with E-state index < -0.39 is 41.5 Å². The minimum Gasteiger partial charge on any atom is -0.484 e. The Bertz CT molecular complexity index is 1690. The largest absolute Gasteiger partial charge is 0.484 e. The molecule has 0 saturated heterocycles. The molecule has 2 heterocycles. The molecule has 43 heavy (non-hydrogen) atoms. The third kappa shape index (κ3) is 7.54. The zero-order valence-corrected chi connectivity index (χ0v) is 23.8. The van der Waals surface area contributed by atoms with Crippen molar-refractivity contribution in [3.63, 3.8) is 0 Å². The fourth-order valence-corrected chi connectivity index (χ4v) is 5.34. The number of nitrogens with zero attached hydrogens (tertiary/aromatic N) is 4. The summed E-state index contributed by atoms with van der Waals surface area (Å²) in [5, 5.41) is -0.139. The molecule has 0 bridgehead atoms. The average molecular weight is 618 g/mol. The molecule has 1 unspecified atom stereocenters. The first kappa shape index (κ1) is 31.2. The lowest BCUT2D eigenvalue weighted by molar-refractivity contribution is -0.153. The topological polar surface area (TPSA) is 147 Å². The number of carbonyl (C=O) groups is 3. The number of para-hydroxylation sites is 2. The highest BCUT2D eigenvalue weighted by Gasteiger charge is 2.30. The summed E-state index contributed by atoms with van der Waals surface area (Å²) in [6.07, 6.45) is -3.31. The second-order valence-corrected chi connectivity index (χ2v) is 10.5. The van der Waals surface area contributed by atoms with Crippen LogP contribution in [0.1, 0.15) is 28.5 Å². The number of alkyl halides is 3. The number of anilines is 1. The summed E-state index contributed by atoms with van der Waals surface area (Å²) in [5.74, 6) is -1.58. The Morgan fingerprint density at radius 1 is 1.07 bits per heavy atom. The van der Waals surface area contributed by atoms with Crippen molar-refractivity contribution in [1.29, 1.82) is 0 Å². The van der Waals surface area contributed by atoms with Crippen LogP contribution >= 0.6 is 0 Å². The van der Waals surface area contributed by atoms with E-state index in [1.165, 1.54) is 55.3 Å². The van der Waals surface area contributed by atoms with Gasteiger partial charge in [0, 0.05) is 29.9 Å².